The molecule has 1 aromatic carbocycles. The second kappa shape index (κ2) is 6.20. The molecule has 4 heterocycles. The molecule has 3 aliphatic heterocycles. The zero-order valence-corrected chi connectivity index (χ0v) is 15.4. The van der Waals surface area contributed by atoms with Gasteiger partial charge in [0.05, 0.1) is 0 Å². The van der Waals surface area contributed by atoms with Gasteiger partial charge in [0, 0.05) is 55.0 Å². The standard InChI is InChI=1S/C19H18ClN4O3/c20-14-2-1-3-15-13(14)4-5-19(26-15)6-9-23(10-7-19)16-12-17(27-22-16)24-11-8-21-18(24)25/h1-3,8,11-12H,4-7,9-10H2. The Bertz CT molecular complexity index is 917. The highest BCUT2D eigenvalue weighted by Gasteiger charge is 2.40. The topological polar surface area (TPSA) is 72.9 Å². The van der Waals surface area contributed by atoms with Gasteiger partial charge in [0.25, 0.3) is 0 Å². The van der Waals surface area contributed by atoms with Crippen LogP contribution in [0.1, 0.15) is 24.8 Å². The van der Waals surface area contributed by atoms with Crippen LogP contribution in [0.15, 0.2) is 41.2 Å². The first-order valence-corrected chi connectivity index (χ1v) is 9.40. The van der Waals surface area contributed by atoms with E-state index in [1.165, 1.54) is 11.1 Å². The molecule has 0 aliphatic carbocycles. The molecule has 0 N–H and O–H groups in total. The third-order valence-electron chi connectivity index (χ3n) is 5.56. The Kier molecular flexibility index (Phi) is 3.79. The van der Waals surface area contributed by atoms with Crippen molar-refractivity contribution in [3.63, 3.8) is 0 Å². The molecule has 0 bridgehead atoms. The van der Waals surface area contributed by atoms with Crippen LogP contribution in [-0.2, 0) is 6.42 Å². The summed E-state index contributed by atoms with van der Waals surface area (Å²) < 4.78 is 11.7. The number of ether oxygens (including phenoxy) is 1. The molecule has 0 saturated carbocycles. The van der Waals surface area contributed by atoms with E-state index < -0.39 is 0 Å². The molecule has 1 radical (unpaired) electrons. The summed E-state index contributed by atoms with van der Waals surface area (Å²) in [4.78, 5) is 15.2. The van der Waals surface area contributed by atoms with Gasteiger partial charge in [0.15, 0.2) is 5.82 Å². The molecule has 2 amide bonds. The van der Waals surface area contributed by atoms with Crippen LogP contribution >= 0.6 is 11.6 Å². The van der Waals surface area contributed by atoms with Gasteiger partial charge in [0.2, 0.25) is 5.88 Å². The number of carbonyl (C=O) groups is 1. The van der Waals surface area contributed by atoms with Crippen molar-refractivity contribution in [2.45, 2.75) is 31.3 Å². The van der Waals surface area contributed by atoms with E-state index in [-0.39, 0.29) is 11.6 Å². The molecule has 27 heavy (non-hydrogen) atoms. The number of amides is 2. The second-order valence-electron chi connectivity index (χ2n) is 7.09. The summed E-state index contributed by atoms with van der Waals surface area (Å²) >= 11 is 6.29. The number of hydrogen-bond donors (Lipinski definition) is 0. The zero-order chi connectivity index (χ0) is 18.4. The van der Waals surface area contributed by atoms with Gasteiger partial charge in [0.1, 0.15) is 11.4 Å². The SMILES string of the molecule is O=C1[N]C=CN1c1cc(N2CCC3(CCc4c(Cl)cccc4O3)CC2)no1. The van der Waals surface area contributed by atoms with Crippen molar-refractivity contribution in [3.05, 3.63) is 47.3 Å². The van der Waals surface area contributed by atoms with Crippen molar-refractivity contribution in [3.8, 4) is 5.75 Å². The number of fused-ring (bicyclic) bond motifs is 1. The number of rotatable bonds is 2. The van der Waals surface area contributed by atoms with E-state index in [2.05, 4.69) is 15.4 Å². The molecule has 8 heteroatoms. The van der Waals surface area contributed by atoms with Crippen LogP contribution in [0, 0.1) is 0 Å². The van der Waals surface area contributed by atoms with Gasteiger partial charge in [-0.05, 0) is 25.0 Å². The van der Waals surface area contributed by atoms with Gasteiger partial charge < -0.3 is 14.2 Å². The smallest absolute Gasteiger partial charge is 0.354 e. The lowest BCUT2D eigenvalue weighted by Gasteiger charge is -2.44. The fourth-order valence-corrected chi connectivity index (χ4v) is 4.25. The maximum atomic E-state index is 11.7. The van der Waals surface area contributed by atoms with Gasteiger partial charge in [-0.2, -0.15) is 5.32 Å². The number of nitrogens with zero attached hydrogens (tertiary/aromatic N) is 4. The summed E-state index contributed by atoms with van der Waals surface area (Å²) in [5, 5.41) is 8.58. The van der Waals surface area contributed by atoms with E-state index in [1.54, 1.807) is 12.3 Å². The number of anilines is 2. The van der Waals surface area contributed by atoms with Crippen LogP contribution in [0.3, 0.4) is 0 Å². The van der Waals surface area contributed by atoms with Crippen LogP contribution in [0.2, 0.25) is 5.02 Å². The van der Waals surface area contributed by atoms with Crippen LogP contribution in [-0.4, -0.2) is 29.9 Å². The first kappa shape index (κ1) is 16.5. The molecular weight excluding hydrogens is 368 g/mol. The molecule has 7 nitrogen and oxygen atoms in total. The van der Waals surface area contributed by atoms with Gasteiger partial charge in [-0.3, -0.25) is 0 Å². The van der Waals surface area contributed by atoms with E-state index >= 15 is 0 Å². The molecule has 3 aliphatic rings. The highest BCUT2D eigenvalue weighted by Crippen LogP contribution is 2.42. The number of hydrogen-bond acceptors (Lipinski definition) is 5. The number of urea groups is 1. The minimum absolute atomic E-state index is 0.146. The monoisotopic (exact) mass is 385 g/mol. The van der Waals surface area contributed by atoms with Crippen molar-refractivity contribution in [2.75, 3.05) is 22.9 Å². The Balaban J connectivity index is 1.28. The highest BCUT2D eigenvalue weighted by molar-refractivity contribution is 6.31. The van der Waals surface area contributed by atoms with E-state index in [4.69, 9.17) is 20.9 Å². The van der Waals surface area contributed by atoms with Crippen LogP contribution in [0.25, 0.3) is 0 Å². The number of benzene rings is 1. The maximum Gasteiger partial charge on any atom is 0.354 e. The number of piperidine rings is 1. The summed E-state index contributed by atoms with van der Waals surface area (Å²) in [6.45, 7) is 1.63. The maximum absolute atomic E-state index is 11.7. The first-order valence-electron chi connectivity index (χ1n) is 9.02. The summed E-state index contributed by atoms with van der Waals surface area (Å²) in [7, 11) is 0. The van der Waals surface area contributed by atoms with E-state index in [0.717, 1.165) is 60.9 Å². The normalized spacial score (nSPS) is 20.6. The summed E-state index contributed by atoms with van der Waals surface area (Å²) in [6.07, 6.45) is 6.72. The predicted molar refractivity (Wildman–Crippen MR) is 100 cm³/mol. The molecule has 1 spiro atoms. The predicted octanol–water partition coefficient (Wildman–Crippen LogP) is 3.71. The third kappa shape index (κ3) is 2.82. The Hall–Kier alpha value is -2.67. The van der Waals surface area contributed by atoms with Crippen LogP contribution in [0.4, 0.5) is 16.5 Å². The lowest BCUT2D eigenvalue weighted by Crippen LogP contribution is -2.50. The Morgan fingerprint density at radius 1 is 1.19 bits per heavy atom. The van der Waals surface area contributed by atoms with Crippen LogP contribution < -0.4 is 19.9 Å². The van der Waals surface area contributed by atoms with Gasteiger partial charge >= 0.3 is 6.03 Å². The van der Waals surface area contributed by atoms with Crippen molar-refractivity contribution in [2.24, 2.45) is 0 Å². The number of halogens is 1. The largest absolute Gasteiger partial charge is 0.487 e. The fraction of sp³-hybridized carbons (Fsp3) is 0.368. The average Bonchev–Trinajstić information content (AvgIpc) is 3.31. The van der Waals surface area contributed by atoms with Gasteiger partial charge in [-0.1, -0.05) is 22.8 Å². The molecule has 5 rings (SSSR count). The summed E-state index contributed by atoms with van der Waals surface area (Å²) in [6, 6.07) is 7.26. The Morgan fingerprint density at radius 2 is 2.04 bits per heavy atom. The molecule has 0 unspecified atom stereocenters. The molecule has 2 aromatic rings. The second-order valence-corrected chi connectivity index (χ2v) is 7.50. The first-order chi connectivity index (χ1) is 13.1. The average molecular weight is 386 g/mol. The van der Waals surface area contributed by atoms with Gasteiger partial charge in [-0.25, -0.2) is 9.69 Å². The van der Waals surface area contributed by atoms with Crippen LogP contribution in [0.5, 0.6) is 5.75 Å². The highest BCUT2D eigenvalue weighted by atomic mass is 35.5. The molecule has 139 valence electrons. The van der Waals surface area contributed by atoms with Crippen molar-refractivity contribution >= 4 is 29.3 Å². The Labute approximate surface area is 161 Å². The van der Waals surface area contributed by atoms with E-state index in [1.807, 2.05) is 18.2 Å². The molecule has 1 fully saturated rings. The van der Waals surface area contributed by atoms with Crippen molar-refractivity contribution in [1.82, 2.24) is 10.5 Å². The number of aromatic nitrogens is 1. The van der Waals surface area contributed by atoms with Crippen molar-refractivity contribution in [1.29, 1.82) is 0 Å². The molecule has 1 aromatic heterocycles. The van der Waals surface area contributed by atoms with E-state index in [9.17, 15) is 4.79 Å². The minimum atomic E-state index is -0.372. The van der Waals surface area contributed by atoms with E-state index in [0.29, 0.717) is 5.88 Å². The fourth-order valence-electron chi connectivity index (χ4n) is 3.99. The zero-order valence-electron chi connectivity index (χ0n) is 14.6. The summed E-state index contributed by atoms with van der Waals surface area (Å²) in [5.74, 6) is 2.02. The lowest BCUT2D eigenvalue weighted by molar-refractivity contribution is 0.0224. The lowest BCUT2D eigenvalue weighted by atomic mass is 9.83. The third-order valence-corrected chi connectivity index (χ3v) is 5.92. The molecule has 0 atom stereocenters. The summed E-state index contributed by atoms with van der Waals surface area (Å²) in [5.41, 5.74) is 0.968. The number of carbonyl (C=O) groups excluding carboxylic acids is 1. The molecular formula is C19H18ClN4O3. The minimum Gasteiger partial charge on any atom is -0.487 e. The van der Waals surface area contributed by atoms with Gasteiger partial charge in [-0.15, -0.1) is 0 Å². The van der Waals surface area contributed by atoms with Crippen molar-refractivity contribution < 1.29 is 14.1 Å². The molecule has 1 saturated heterocycles. The Morgan fingerprint density at radius 3 is 2.81 bits per heavy atom. The quantitative estimate of drug-likeness (QED) is 0.787.